The molecule has 10 nitrogen and oxygen atoms in total. The van der Waals surface area contributed by atoms with Crippen molar-refractivity contribution in [3.63, 3.8) is 0 Å². The second kappa shape index (κ2) is 9.38. The van der Waals surface area contributed by atoms with Crippen LogP contribution in [0, 0.1) is 20.2 Å². The fourth-order valence-corrected chi connectivity index (χ4v) is 2.69. The highest BCUT2D eigenvalue weighted by Gasteiger charge is 2.38. The molecule has 0 fully saturated rings. The van der Waals surface area contributed by atoms with E-state index in [4.69, 9.17) is 11.6 Å². The maximum absolute atomic E-state index is 13.0. The molecule has 2 N–H and O–H groups in total. The van der Waals surface area contributed by atoms with Gasteiger partial charge in [0.05, 0.1) is 9.85 Å². The Labute approximate surface area is 176 Å². The first kappa shape index (κ1) is 23.5. The van der Waals surface area contributed by atoms with Gasteiger partial charge >= 0.3 is 6.18 Å². The van der Waals surface area contributed by atoms with Crippen molar-refractivity contribution in [3.05, 3.63) is 72.8 Å². The summed E-state index contributed by atoms with van der Waals surface area (Å²) in [6, 6.07) is 5.64. The Morgan fingerprint density at radius 1 is 0.968 bits per heavy atom. The van der Waals surface area contributed by atoms with Gasteiger partial charge in [0, 0.05) is 24.4 Å². The summed E-state index contributed by atoms with van der Waals surface area (Å²) in [6.07, 6.45) is -5.77. The minimum Gasteiger partial charge on any atom is -0.352 e. The summed E-state index contributed by atoms with van der Waals surface area (Å²) in [4.78, 5) is 43.3. The fourth-order valence-electron chi connectivity index (χ4n) is 2.42. The molecule has 0 aliphatic carbocycles. The second-order valence-corrected chi connectivity index (χ2v) is 6.44. The predicted molar refractivity (Wildman–Crippen MR) is 101 cm³/mol. The number of hydrogen-bond donors (Lipinski definition) is 2. The van der Waals surface area contributed by atoms with Crippen molar-refractivity contribution in [2.24, 2.45) is 0 Å². The molecule has 0 spiro atoms. The van der Waals surface area contributed by atoms with Crippen LogP contribution in [0.25, 0.3) is 0 Å². The molecule has 2 amide bonds. The topological polar surface area (TPSA) is 144 Å². The van der Waals surface area contributed by atoms with Gasteiger partial charge in [-0.25, -0.2) is 0 Å². The Balaban J connectivity index is 1.98. The molecule has 0 radical (unpaired) electrons. The Morgan fingerprint density at radius 3 is 2.13 bits per heavy atom. The van der Waals surface area contributed by atoms with Gasteiger partial charge in [-0.05, 0) is 23.8 Å². The van der Waals surface area contributed by atoms with Crippen molar-refractivity contribution in [2.75, 3.05) is 5.32 Å². The molecule has 14 heteroatoms. The Morgan fingerprint density at radius 2 is 1.58 bits per heavy atom. The summed E-state index contributed by atoms with van der Waals surface area (Å²) in [5.41, 5.74) is -3.01. The van der Waals surface area contributed by atoms with Gasteiger partial charge < -0.3 is 10.6 Å². The minimum absolute atomic E-state index is 0.112. The third-order valence-corrected chi connectivity index (χ3v) is 4.10. The monoisotopic (exact) mass is 460 g/mol. The lowest BCUT2D eigenvalue weighted by Gasteiger charge is -2.11. The molecule has 0 heterocycles. The maximum Gasteiger partial charge on any atom is 0.423 e. The van der Waals surface area contributed by atoms with Crippen LogP contribution in [-0.4, -0.2) is 21.7 Å². The SMILES string of the molecule is O=C(CC(=O)Nc1ccc([N+](=O)[O-])c(C(F)(F)F)c1)NCc1ccc([N+](=O)[O-])c(Cl)c1. The number of nitrogens with one attached hydrogen (secondary N) is 2. The standard InChI is InChI=1S/C17H12ClF3N4O6/c18-12-5-9(1-3-14(12)25(30)31)8-22-15(26)7-16(27)23-10-2-4-13(24(28)29)11(6-10)17(19,20)21/h1-6H,7-8H2,(H,22,26)(H,23,27). The molecule has 0 aliphatic heterocycles. The number of carbonyl (C=O) groups excluding carboxylic acids is 2. The average molecular weight is 461 g/mol. The minimum atomic E-state index is -5.02. The Hall–Kier alpha value is -3.74. The van der Waals surface area contributed by atoms with Gasteiger partial charge in [-0.15, -0.1) is 0 Å². The van der Waals surface area contributed by atoms with Crippen molar-refractivity contribution in [3.8, 4) is 0 Å². The molecule has 2 aromatic carbocycles. The number of amides is 2. The van der Waals surface area contributed by atoms with Gasteiger partial charge in [0.15, 0.2) is 0 Å². The summed E-state index contributed by atoms with van der Waals surface area (Å²) in [7, 11) is 0. The van der Waals surface area contributed by atoms with E-state index in [0.717, 1.165) is 12.1 Å². The van der Waals surface area contributed by atoms with Gasteiger partial charge in [-0.3, -0.25) is 29.8 Å². The molecule has 0 aromatic heterocycles. The third-order valence-electron chi connectivity index (χ3n) is 3.80. The number of alkyl halides is 3. The summed E-state index contributed by atoms with van der Waals surface area (Å²) >= 11 is 5.75. The largest absolute Gasteiger partial charge is 0.423 e. The van der Waals surface area contributed by atoms with Crippen LogP contribution in [0.1, 0.15) is 17.5 Å². The molecule has 31 heavy (non-hydrogen) atoms. The number of hydrogen-bond acceptors (Lipinski definition) is 6. The van der Waals surface area contributed by atoms with Crippen molar-refractivity contribution < 1.29 is 32.6 Å². The molecular weight excluding hydrogens is 449 g/mol. The van der Waals surface area contributed by atoms with Gasteiger partial charge in [-0.1, -0.05) is 17.7 Å². The second-order valence-electron chi connectivity index (χ2n) is 6.03. The first-order valence-corrected chi connectivity index (χ1v) is 8.61. The smallest absolute Gasteiger partial charge is 0.352 e. The van der Waals surface area contributed by atoms with Gasteiger partial charge in [0.25, 0.3) is 11.4 Å². The molecule has 2 aromatic rings. The molecule has 0 bridgehead atoms. The lowest BCUT2D eigenvalue weighted by Crippen LogP contribution is -2.27. The zero-order chi connectivity index (χ0) is 23.3. The number of nitro benzene ring substituents is 2. The molecule has 0 saturated heterocycles. The number of carbonyl (C=O) groups is 2. The maximum atomic E-state index is 13.0. The van der Waals surface area contributed by atoms with Crippen LogP contribution in [0.2, 0.25) is 5.02 Å². The van der Waals surface area contributed by atoms with Gasteiger partial charge in [0.2, 0.25) is 11.8 Å². The van der Waals surface area contributed by atoms with Crippen molar-refractivity contribution in [1.29, 1.82) is 0 Å². The first-order chi connectivity index (χ1) is 14.4. The highest BCUT2D eigenvalue weighted by molar-refractivity contribution is 6.32. The van der Waals surface area contributed by atoms with Gasteiger partial charge in [0.1, 0.15) is 17.0 Å². The van der Waals surface area contributed by atoms with E-state index in [0.29, 0.717) is 17.7 Å². The Kier molecular flexibility index (Phi) is 7.12. The summed E-state index contributed by atoms with van der Waals surface area (Å²) < 4.78 is 38.9. The van der Waals surface area contributed by atoms with E-state index in [1.807, 2.05) is 0 Å². The number of benzene rings is 2. The lowest BCUT2D eigenvalue weighted by molar-refractivity contribution is -0.388. The van der Waals surface area contributed by atoms with Crippen LogP contribution >= 0.6 is 11.6 Å². The Bertz CT molecular complexity index is 1060. The van der Waals surface area contributed by atoms with Crippen LogP contribution in [0.15, 0.2) is 36.4 Å². The highest BCUT2D eigenvalue weighted by atomic mass is 35.5. The molecule has 0 saturated carbocycles. The van der Waals surface area contributed by atoms with Crippen molar-refractivity contribution in [2.45, 2.75) is 19.1 Å². The van der Waals surface area contributed by atoms with E-state index in [1.165, 1.54) is 12.1 Å². The number of anilines is 1. The van der Waals surface area contributed by atoms with E-state index in [2.05, 4.69) is 10.6 Å². The molecule has 2 rings (SSSR count). The van der Waals surface area contributed by atoms with Crippen LogP contribution in [0.5, 0.6) is 0 Å². The van der Waals surface area contributed by atoms with E-state index in [9.17, 15) is 43.0 Å². The van der Waals surface area contributed by atoms with Crippen LogP contribution in [-0.2, 0) is 22.3 Å². The molecule has 0 atom stereocenters. The summed E-state index contributed by atoms with van der Waals surface area (Å²) in [6.45, 7) is -0.112. The van der Waals surface area contributed by atoms with Crippen molar-refractivity contribution in [1.82, 2.24) is 5.32 Å². The molecule has 0 unspecified atom stereocenters. The number of rotatable bonds is 7. The first-order valence-electron chi connectivity index (χ1n) is 8.23. The zero-order valence-corrected chi connectivity index (χ0v) is 16.0. The zero-order valence-electron chi connectivity index (χ0n) is 15.2. The van der Waals surface area contributed by atoms with E-state index < -0.39 is 45.5 Å². The van der Waals surface area contributed by atoms with Gasteiger partial charge in [-0.2, -0.15) is 13.2 Å². The normalized spacial score (nSPS) is 11.0. The summed E-state index contributed by atoms with van der Waals surface area (Å²) in [5, 5.41) is 25.7. The number of nitrogens with zero attached hydrogens (tertiary/aromatic N) is 2. The van der Waals surface area contributed by atoms with Crippen LogP contribution in [0.3, 0.4) is 0 Å². The molecule has 0 aliphatic rings. The highest BCUT2D eigenvalue weighted by Crippen LogP contribution is 2.37. The predicted octanol–water partition coefficient (Wildman–Crippen LogP) is 3.82. The van der Waals surface area contributed by atoms with Crippen LogP contribution < -0.4 is 10.6 Å². The fraction of sp³-hybridized carbons (Fsp3) is 0.176. The average Bonchev–Trinajstić information content (AvgIpc) is 2.65. The van der Waals surface area contributed by atoms with Crippen LogP contribution in [0.4, 0.5) is 30.2 Å². The van der Waals surface area contributed by atoms with E-state index >= 15 is 0 Å². The molecule has 164 valence electrons. The lowest BCUT2D eigenvalue weighted by atomic mass is 10.1. The quantitative estimate of drug-likeness (QED) is 0.365. The third kappa shape index (κ3) is 6.37. The number of halogens is 4. The number of nitro groups is 2. The van der Waals surface area contributed by atoms with E-state index in [1.54, 1.807) is 0 Å². The van der Waals surface area contributed by atoms with Crippen molar-refractivity contribution >= 4 is 40.5 Å². The van der Waals surface area contributed by atoms with E-state index in [-0.39, 0.29) is 22.9 Å². The molecular formula is C17H12ClF3N4O6. The summed E-state index contributed by atoms with van der Waals surface area (Å²) in [5.74, 6) is -1.74.